The van der Waals surface area contributed by atoms with Gasteiger partial charge in [-0.25, -0.2) is 13.8 Å². The van der Waals surface area contributed by atoms with Gasteiger partial charge in [0.15, 0.2) is 5.82 Å². The molecule has 0 radical (unpaired) electrons. The van der Waals surface area contributed by atoms with E-state index in [4.69, 9.17) is 0 Å². The number of anilines is 1. The molecule has 3 atom stereocenters. The number of aromatic nitrogens is 2. The summed E-state index contributed by atoms with van der Waals surface area (Å²) in [5, 5.41) is 6.33. The number of hydrogen-bond donors (Lipinski definition) is 2. The van der Waals surface area contributed by atoms with Crippen molar-refractivity contribution in [3.8, 4) is 0 Å². The normalized spacial score (nSPS) is 20.5. The summed E-state index contributed by atoms with van der Waals surface area (Å²) < 4.78 is 29.8. The molecule has 0 spiro atoms. The molecule has 2 N–H and O–H groups in total. The number of carbonyl (C=O) groups is 2. The van der Waals surface area contributed by atoms with Crippen LogP contribution in [-0.2, 0) is 29.0 Å². The van der Waals surface area contributed by atoms with Crippen LogP contribution in [0.5, 0.6) is 0 Å². The number of nitrogens with one attached hydrogen (secondary N) is 2. The Bertz CT molecular complexity index is 1130. The van der Waals surface area contributed by atoms with Gasteiger partial charge in [0.25, 0.3) is 0 Å². The number of likely N-dealkylation sites (tertiary alicyclic amines) is 1. The Kier molecular flexibility index (Phi) is 8.31. The van der Waals surface area contributed by atoms with Crippen molar-refractivity contribution in [2.75, 3.05) is 11.9 Å². The number of amides is 2. The van der Waals surface area contributed by atoms with Crippen LogP contribution in [-0.4, -0.2) is 50.9 Å². The van der Waals surface area contributed by atoms with Gasteiger partial charge in [0.2, 0.25) is 11.8 Å². The third-order valence-corrected chi connectivity index (χ3v) is 7.38. The number of imidazole rings is 1. The molecule has 1 aromatic carbocycles. The van der Waals surface area contributed by atoms with Gasteiger partial charge in [-0.1, -0.05) is 34.1 Å². The van der Waals surface area contributed by atoms with E-state index in [9.17, 15) is 18.4 Å². The minimum Gasteiger partial charge on any atom is -0.337 e. The monoisotopic (exact) mass is 515 g/mol. The van der Waals surface area contributed by atoms with E-state index in [1.165, 1.54) is 6.07 Å². The zero-order chi connectivity index (χ0) is 26.7. The standard InChI is InChI=1S/C28H39F2N5O2/c1-5-7-24(32-20-10-9-18-12-19(29)13-23(30)22(18)14-20)26(36)33-25-16-34(17-31-25)15-21-8-6-11-35(21)27(37)28(2,3)4/h12-13,16-17,20-21,24,32H,5-11,14-15H2,1-4H3,(H,33,36)/t20-,21?,24-/m0/s1. The molecule has 1 unspecified atom stereocenters. The van der Waals surface area contributed by atoms with Crippen LogP contribution >= 0.6 is 0 Å². The molecule has 2 heterocycles. The Morgan fingerprint density at radius 3 is 2.73 bits per heavy atom. The van der Waals surface area contributed by atoms with E-state index in [0.717, 1.165) is 31.9 Å². The van der Waals surface area contributed by atoms with Crippen molar-refractivity contribution in [1.29, 1.82) is 0 Å². The quantitative estimate of drug-likeness (QED) is 0.544. The molecule has 9 heteroatoms. The Balaban J connectivity index is 1.36. The van der Waals surface area contributed by atoms with Crippen LogP contribution in [0.25, 0.3) is 0 Å². The first-order valence-corrected chi connectivity index (χ1v) is 13.4. The smallest absolute Gasteiger partial charge is 0.242 e. The van der Waals surface area contributed by atoms with E-state index in [-0.39, 0.29) is 23.9 Å². The zero-order valence-electron chi connectivity index (χ0n) is 22.3. The molecule has 1 fully saturated rings. The molecule has 0 bridgehead atoms. The number of nitrogens with zero attached hydrogens (tertiary/aromatic N) is 3. The van der Waals surface area contributed by atoms with Gasteiger partial charge < -0.3 is 20.1 Å². The van der Waals surface area contributed by atoms with Gasteiger partial charge in [-0.15, -0.1) is 0 Å². The summed E-state index contributed by atoms with van der Waals surface area (Å²) in [5.74, 6) is -0.620. The van der Waals surface area contributed by atoms with E-state index in [2.05, 4.69) is 15.6 Å². The Morgan fingerprint density at radius 2 is 2.00 bits per heavy atom. The second-order valence-corrected chi connectivity index (χ2v) is 11.5. The average Bonchev–Trinajstić information content (AvgIpc) is 3.47. The fourth-order valence-electron chi connectivity index (χ4n) is 5.50. The highest BCUT2D eigenvalue weighted by molar-refractivity contribution is 5.94. The van der Waals surface area contributed by atoms with Crippen LogP contribution in [0.15, 0.2) is 24.7 Å². The Labute approximate surface area is 218 Å². The minimum atomic E-state index is -0.549. The first-order valence-electron chi connectivity index (χ1n) is 13.4. The molecule has 2 aliphatic rings. The summed E-state index contributed by atoms with van der Waals surface area (Å²) in [6.45, 7) is 9.25. The predicted octanol–water partition coefficient (Wildman–Crippen LogP) is 4.45. The Morgan fingerprint density at radius 1 is 1.22 bits per heavy atom. The highest BCUT2D eigenvalue weighted by Crippen LogP contribution is 2.27. The molecule has 7 nitrogen and oxygen atoms in total. The van der Waals surface area contributed by atoms with Crippen LogP contribution in [0.3, 0.4) is 0 Å². The SMILES string of the molecule is CCC[C@H](N[C@H]1CCc2cc(F)cc(F)c2C1)C(=O)Nc1cn(CC2CCCN2C(=O)C(C)(C)C)cn1. The lowest BCUT2D eigenvalue weighted by molar-refractivity contribution is -0.140. The van der Waals surface area contributed by atoms with Crippen LogP contribution < -0.4 is 10.6 Å². The van der Waals surface area contributed by atoms with E-state index in [1.54, 1.807) is 12.5 Å². The number of hydrogen-bond acceptors (Lipinski definition) is 4. The molecule has 1 aromatic heterocycles. The second-order valence-electron chi connectivity index (χ2n) is 11.5. The zero-order valence-corrected chi connectivity index (χ0v) is 22.3. The number of halogens is 2. The number of benzene rings is 1. The molecule has 1 aliphatic carbocycles. The average molecular weight is 516 g/mol. The van der Waals surface area contributed by atoms with Crippen LogP contribution in [0.1, 0.15) is 70.9 Å². The summed E-state index contributed by atoms with van der Waals surface area (Å²) in [5.41, 5.74) is 0.827. The lowest BCUT2D eigenvalue weighted by Gasteiger charge is -2.31. The van der Waals surface area contributed by atoms with Gasteiger partial charge in [-0.05, 0) is 55.7 Å². The first-order chi connectivity index (χ1) is 17.5. The van der Waals surface area contributed by atoms with Crippen molar-refractivity contribution in [2.24, 2.45) is 5.41 Å². The number of aryl methyl sites for hydroxylation is 1. The fraction of sp³-hybridized carbons (Fsp3) is 0.607. The molecular weight excluding hydrogens is 476 g/mol. The highest BCUT2D eigenvalue weighted by Gasteiger charge is 2.35. The summed E-state index contributed by atoms with van der Waals surface area (Å²) in [4.78, 5) is 32.3. The van der Waals surface area contributed by atoms with E-state index < -0.39 is 23.1 Å². The first kappa shape index (κ1) is 27.2. The molecular formula is C28H39F2N5O2. The van der Waals surface area contributed by atoms with Gasteiger partial charge in [-0.3, -0.25) is 9.59 Å². The maximum Gasteiger partial charge on any atom is 0.242 e. The lowest BCUT2D eigenvalue weighted by Crippen LogP contribution is -2.48. The van der Waals surface area contributed by atoms with Gasteiger partial charge in [0.05, 0.1) is 12.4 Å². The topological polar surface area (TPSA) is 79.3 Å². The molecule has 1 aliphatic heterocycles. The fourth-order valence-corrected chi connectivity index (χ4v) is 5.50. The van der Waals surface area contributed by atoms with Crippen molar-refractivity contribution < 1.29 is 18.4 Å². The van der Waals surface area contributed by atoms with Gasteiger partial charge in [0, 0.05) is 42.9 Å². The Hall–Kier alpha value is -2.81. The third kappa shape index (κ3) is 6.55. The van der Waals surface area contributed by atoms with Crippen LogP contribution in [0.4, 0.5) is 14.6 Å². The molecule has 4 rings (SSSR count). The number of fused-ring (bicyclic) bond motifs is 1. The molecule has 2 aromatic rings. The highest BCUT2D eigenvalue weighted by atomic mass is 19.1. The summed E-state index contributed by atoms with van der Waals surface area (Å²) in [6.07, 6.45) is 8.58. The van der Waals surface area contributed by atoms with Crippen molar-refractivity contribution in [3.63, 3.8) is 0 Å². The van der Waals surface area contributed by atoms with Gasteiger partial charge in [-0.2, -0.15) is 0 Å². The maximum atomic E-state index is 14.3. The second kappa shape index (κ2) is 11.3. The van der Waals surface area contributed by atoms with Crippen molar-refractivity contribution >= 4 is 17.6 Å². The van der Waals surface area contributed by atoms with E-state index in [0.29, 0.717) is 49.2 Å². The lowest BCUT2D eigenvalue weighted by atomic mass is 9.87. The molecule has 2 amide bonds. The van der Waals surface area contributed by atoms with Crippen LogP contribution in [0, 0.1) is 17.0 Å². The summed E-state index contributed by atoms with van der Waals surface area (Å²) >= 11 is 0. The van der Waals surface area contributed by atoms with Crippen molar-refractivity contribution in [3.05, 3.63) is 47.4 Å². The van der Waals surface area contributed by atoms with Gasteiger partial charge >= 0.3 is 0 Å². The van der Waals surface area contributed by atoms with E-state index in [1.807, 2.05) is 37.2 Å². The van der Waals surface area contributed by atoms with Crippen LogP contribution in [0.2, 0.25) is 0 Å². The molecule has 202 valence electrons. The minimum absolute atomic E-state index is 0.0685. The number of carbonyl (C=O) groups excluding carboxylic acids is 2. The number of rotatable bonds is 8. The summed E-state index contributed by atoms with van der Waals surface area (Å²) in [7, 11) is 0. The largest absolute Gasteiger partial charge is 0.337 e. The van der Waals surface area contributed by atoms with E-state index >= 15 is 0 Å². The summed E-state index contributed by atoms with van der Waals surface area (Å²) in [6, 6.07) is 1.94. The predicted molar refractivity (Wildman–Crippen MR) is 139 cm³/mol. The van der Waals surface area contributed by atoms with Crippen molar-refractivity contribution in [1.82, 2.24) is 19.8 Å². The molecule has 37 heavy (non-hydrogen) atoms. The maximum absolute atomic E-state index is 14.3. The molecule has 0 saturated carbocycles. The third-order valence-electron chi connectivity index (χ3n) is 7.38. The molecule has 1 saturated heterocycles. The van der Waals surface area contributed by atoms with Gasteiger partial charge in [0.1, 0.15) is 11.6 Å². The van der Waals surface area contributed by atoms with Crippen molar-refractivity contribution in [2.45, 2.75) is 97.3 Å².